The smallest absolute Gasteiger partial charge is 0.210 e. The molecule has 0 saturated heterocycles. The number of carbonyl (C=O) groups excluding carboxylic acids is 1. The van der Waals surface area contributed by atoms with Crippen molar-refractivity contribution in [2.24, 2.45) is 0 Å². The lowest BCUT2D eigenvalue weighted by atomic mass is 9.93. The first kappa shape index (κ1) is 25.5. The van der Waals surface area contributed by atoms with E-state index in [1.54, 1.807) is 4.90 Å². The number of aromatic nitrogens is 1. The van der Waals surface area contributed by atoms with Crippen molar-refractivity contribution >= 4 is 28.9 Å². The van der Waals surface area contributed by atoms with Gasteiger partial charge in [-0.3, -0.25) is 9.69 Å². The molecule has 4 N–H and O–H groups in total. The summed E-state index contributed by atoms with van der Waals surface area (Å²) >= 11 is 6.23. The predicted octanol–water partition coefficient (Wildman–Crippen LogP) is 2.34. The number of hydrogen-bond donors (Lipinski definition) is 4. The highest BCUT2D eigenvalue weighted by atomic mass is 35.5. The molecule has 2 heterocycles. The summed E-state index contributed by atoms with van der Waals surface area (Å²) in [5.41, 5.74) is 4.18. The van der Waals surface area contributed by atoms with Crippen molar-refractivity contribution in [1.29, 1.82) is 0 Å². The van der Waals surface area contributed by atoms with Gasteiger partial charge >= 0.3 is 0 Å². The van der Waals surface area contributed by atoms with Crippen LogP contribution in [0, 0.1) is 0 Å². The standard InChI is InChI=1S/C26H32ClN3O5/c27-19-3-6-24-23(15-19)22-7-9-30(17-33)26(25(22)28-24)18-1-4-21(5-2-18)35-14-8-20(34)16-29(10-12-31)11-13-32/h1-6,15,17,20,26,28,31-32,34H,7-14,16H2. The third kappa shape index (κ3) is 5.97. The van der Waals surface area contributed by atoms with Crippen LogP contribution in [0.15, 0.2) is 42.5 Å². The minimum Gasteiger partial charge on any atom is -0.493 e. The molecule has 0 radical (unpaired) electrons. The molecule has 4 rings (SSSR count). The van der Waals surface area contributed by atoms with Crippen LogP contribution in [0.4, 0.5) is 0 Å². The number of benzene rings is 2. The molecule has 1 aliphatic heterocycles. The summed E-state index contributed by atoms with van der Waals surface area (Å²) in [6.07, 6.45) is 1.47. The van der Waals surface area contributed by atoms with Crippen molar-refractivity contribution in [3.8, 4) is 5.75 Å². The highest BCUT2D eigenvalue weighted by Crippen LogP contribution is 2.38. The maximum Gasteiger partial charge on any atom is 0.210 e. The van der Waals surface area contributed by atoms with Crippen LogP contribution in [-0.2, 0) is 11.2 Å². The van der Waals surface area contributed by atoms with E-state index in [1.807, 2.05) is 47.4 Å². The number of rotatable bonds is 12. The van der Waals surface area contributed by atoms with E-state index in [0.29, 0.717) is 50.0 Å². The summed E-state index contributed by atoms with van der Waals surface area (Å²) in [5.74, 6) is 0.681. The summed E-state index contributed by atoms with van der Waals surface area (Å²) < 4.78 is 5.82. The molecule has 2 atom stereocenters. The molecule has 9 heteroatoms. The molecule has 2 unspecified atom stereocenters. The Morgan fingerprint density at radius 3 is 2.60 bits per heavy atom. The van der Waals surface area contributed by atoms with Gasteiger partial charge in [-0.2, -0.15) is 0 Å². The van der Waals surface area contributed by atoms with E-state index < -0.39 is 6.10 Å². The van der Waals surface area contributed by atoms with Crippen LogP contribution in [0.3, 0.4) is 0 Å². The van der Waals surface area contributed by atoms with E-state index >= 15 is 0 Å². The van der Waals surface area contributed by atoms with Crippen LogP contribution >= 0.6 is 11.6 Å². The number of aromatic amines is 1. The summed E-state index contributed by atoms with van der Waals surface area (Å²) in [6.45, 7) is 2.10. The molecule has 2 aromatic carbocycles. The molecule has 1 amide bonds. The second-order valence-corrected chi connectivity index (χ2v) is 9.25. The zero-order valence-corrected chi connectivity index (χ0v) is 20.3. The van der Waals surface area contributed by atoms with Gasteiger partial charge in [-0.1, -0.05) is 23.7 Å². The zero-order valence-electron chi connectivity index (χ0n) is 19.6. The fourth-order valence-electron chi connectivity index (χ4n) is 4.78. The number of nitrogens with one attached hydrogen (secondary N) is 1. The minimum absolute atomic E-state index is 0.0220. The van der Waals surface area contributed by atoms with Crippen LogP contribution < -0.4 is 4.74 Å². The number of amides is 1. The fourth-order valence-corrected chi connectivity index (χ4v) is 4.95. The number of nitrogens with zero attached hydrogens (tertiary/aromatic N) is 2. The molecule has 0 aliphatic carbocycles. The maximum atomic E-state index is 11.9. The van der Waals surface area contributed by atoms with E-state index in [0.717, 1.165) is 35.0 Å². The van der Waals surface area contributed by atoms with Crippen LogP contribution in [0.5, 0.6) is 5.75 Å². The molecule has 35 heavy (non-hydrogen) atoms. The molecule has 0 spiro atoms. The molecule has 0 saturated carbocycles. The number of hydrogen-bond acceptors (Lipinski definition) is 6. The monoisotopic (exact) mass is 501 g/mol. The lowest BCUT2D eigenvalue weighted by Gasteiger charge is -2.33. The zero-order chi connectivity index (χ0) is 24.8. The molecule has 8 nitrogen and oxygen atoms in total. The van der Waals surface area contributed by atoms with Crippen molar-refractivity contribution in [2.45, 2.75) is 25.0 Å². The van der Waals surface area contributed by atoms with E-state index in [4.69, 9.17) is 26.6 Å². The first-order chi connectivity index (χ1) is 17.0. The van der Waals surface area contributed by atoms with Crippen LogP contribution in [0.1, 0.15) is 29.3 Å². The Labute approximate surface area is 209 Å². The third-order valence-electron chi connectivity index (χ3n) is 6.48. The Kier molecular flexibility index (Phi) is 8.64. The minimum atomic E-state index is -0.621. The van der Waals surface area contributed by atoms with Crippen molar-refractivity contribution < 1.29 is 24.9 Å². The van der Waals surface area contributed by atoms with Gasteiger partial charge in [-0.15, -0.1) is 0 Å². The average Bonchev–Trinajstić information content (AvgIpc) is 3.22. The predicted molar refractivity (Wildman–Crippen MR) is 135 cm³/mol. The maximum absolute atomic E-state index is 11.9. The number of carbonyl (C=O) groups is 1. The topological polar surface area (TPSA) is 109 Å². The Hall–Kier alpha value is -2.62. The second-order valence-electron chi connectivity index (χ2n) is 8.81. The van der Waals surface area contributed by atoms with Crippen LogP contribution in [0.25, 0.3) is 10.9 Å². The van der Waals surface area contributed by atoms with Crippen molar-refractivity contribution in [1.82, 2.24) is 14.8 Å². The summed E-state index contributed by atoms with van der Waals surface area (Å²) in [5, 5.41) is 30.2. The molecular weight excluding hydrogens is 470 g/mol. The van der Waals surface area contributed by atoms with Crippen molar-refractivity contribution in [2.75, 3.05) is 46.0 Å². The fraction of sp³-hybridized carbons (Fsp3) is 0.423. The van der Waals surface area contributed by atoms with Crippen molar-refractivity contribution in [3.05, 3.63) is 64.3 Å². The highest BCUT2D eigenvalue weighted by Gasteiger charge is 2.31. The van der Waals surface area contributed by atoms with Gasteiger partial charge in [0.25, 0.3) is 0 Å². The van der Waals surface area contributed by atoms with E-state index in [-0.39, 0.29) is 19.3 Å². The van der Waals surface area contributed by atoms with Gasteiger partial charge < -0.3 is 29.9 Å². The molecule has 1 aliphatic rings. The first-order valence-electron chi connectivity index (χ1n) is 11.9. The lowest BCUT2D eigenvalue weighted by molar-refractivity contribution is -0.120. The third-order valence-corrected chi connectivity index (χ3v) is 6.71. The number of aliphatic hydroxyl groups excluding tert-OH is 3. The quantitative estimate of drug-likeness (QED) is 0.284. The van der Waals surface area contributed by atoms with Crippen molar-refractivity contribution in [3.63, 3.8) is 0 Å². The molecule has 1 aromatic heterocycles. The highest BCUT2D eigenvalue weighted by molar-refractivity contribution is 6.31. The number of halogens is 1. The number of aliphatic hydroxyl groups is 3. The molecule has 0 bridgehead atoms. The van der Waals surface area contributed by atoms with Crippen LogP contribution in [-0.4, -0.2) is 88.6 Å². The van der Waals surface area contributed by atoms with Crippen LogP contribution in [0.2, 0.25) is 5.02 Å². The van der Waals surface area contributed by atoms with E-state index in [1.165, 1.54) is 5.56 Å². The Morgan fingerprint density at radius 1 is 1.17 bits per heavy atom. The lowest BCUT2D eigenvalue weighted by Crippen LogP contribution is -2.37. The van der Waals surface area contributed by atoms with E-state index in [9.17, 15) is 9.90 Å². The Morgan fingerprint density at radius 2 is 1.91 bits per heavy atom. The van der Waals surface area contributed by atoms with E-state index in [2.05, 4.69) is 4.98 Å². The normalized spacial score (nSPS) is 16.5. The Bertz CT molecular complexity index is 1110. The van der Waals surface area contributed by atoms with Gasteiger partial charge in [-0.25, -0.2) is 0 Å². The summed E-state index contributed by atoms with van der Waals surface area (Å²) in [4.78, 5) is 19.0. The molecule has 3 aromatic rings. The second kappa shape index (κ2) is 11.9. The first-order valence-corrected chi connectivity index (χ1v) is 12.3. The summed E-state index contributed by atoms with van der Waals surface area (Å²) in [6, 6.07) is 13.3. The number of ether oxygens (including phenoxy) is 1. The van der Waals surface area contributed by atoms with Gasteiger partial charge in [0, 0.05) is 54.2 Å². The molecule has 0 fully saturated rings. The van der Waals surface area contributed by atoms with Gasteiger partial charge in [-0.05, 0) is 47.9 Å². The number of H-pyrrole nitrogens is 1. The summed E-state index contributed by atoms with van der Waals surface area (Å²) in [7, 11) is 0. The van der Waals surface area contributed by atoms with Gasteiger partial charge in [0.05, 0.1) is 32.0 Å². The Balaban J connectivity index is 1.42. The molecular formula is C26H32ClN3O5. The average molecular weight is 502 g/mol. The molecule has 188 valence electrons. The van der Waals surface area contributed by atoms with Gasteiger partial charge in [0.1, 0.15) is 5.75 Å². The number of fused-ring (bicyclic) bond motifs is 3. The largest absolute Gasteiger partial charge is 0.493 e. The SMILES string of the molecule is O=CN1CCc2c([nH]c3ccc(Cl)cc23)C1c1ccc(OCCC(O)CN(CCO)CCO)cc1. The van der Waals surface area contributed by atoms with Gasteiger partial charge in [0.2, 0.25) is 6.41 Å². The van der Waals surface area contributed by atoms with Gasteiger partial charge in [0.15, 0.2) is 0 Å².